The Kier molecular flexibility index (Phi) is 6.05. The summed E-state index contributed by atoms with van der Waals surface area (Å²) >= 11 is 11.7. The summed E-state index contributed by atoms with van der Waals surface area (Å²) in [6.07, 6.45) is -3.83. The molecule has 18 heavy (non-hydrogen) atoms. The Morgan fingerprint density at radius 3 is 2.61 bits per heavy atom. The Bertz CT molecular complexity index is 385. The van der Waals surface area contributed by atoms with E-state index in [-0.39, 0.29) is 6.61 Å². The number of ether oxygens (including phenoxy) is 1. The van der Waals surface area contributed by atoms with Crippen molar-refractivity contribution in [3.8, 4) is 0 Å². The highest BCUT2D eigenvalue weighted by Gasteiger charge is 2.27. The lowest BCUT2D eigenvalue weighted by Gasteiger charge is -2.10. The van der Waals surface area contributed by atoms with E-state index in [1.165, 1.54) is 0 Å². The second-order valence-electron chi connectivity index (χ2n) is 3.55. The Morgan fingerprint density at radius 2 is 1.94 bits per heavy atom. The van der Waals surface area contributed by atoms with Gasteiger partial charge in [0.15, 0.2) is 0 Å². The zero-order valence-electron chi connectivity index (χ0n) is 9.36. The summed E-state index contributed by atoms with van der Waals surface area (Å²) in [7, 11) is 0. The van der Waals surface area contributed by atoms with Gasteiger partial charge in [-0.1, -0.05) is 29.3 Å². The summed E-state index contributed by atoms with van der Waals surface area (Å²) in [5.74, 6) is 0. The highest BCUT2D eigenvalue weighted by molar-refractivity contribution is 6.43. The van der Waals surface area contributed by atoms with Gasteiger partial charge in [0.1, 0.15) is 6.61 Å². The van der Waals surface area contributed by atoms with Crippen molar-refractivity contribution in [2.24, 2.45) is 0 Å². The number of alkyl halides is 3. The number of anilines is 1. The van der Waals surface area contributed by atoms with Crippen LogP contribution in [0.1, 0.15) is 6.42 Å². The van der Waals surface area contributed by atoms with Gasteiger partial charge in [-0.15, -0.1) is 0 Å². The molecule has 0 saturated heterocycles. The fourth-order valence-corrected chi connectivity index (χ4v) is 1.59. The van der Waals surface area contributed by atoms with Crippen LogP contribution >= 0.6 is 23.2 Å². The maximum absolute atomic E-state index is 11.8. The highest BCUT2D eigenvalue weighted by Crippen LogP contribution is 2.29. The van der Waals surface area contributed by atoms with Gasteiger partial charge in [0.05, 0.1) is 15.7 Å². The van der Waals surface area contributed by atoms with Crippen LogP contribution in [0.15, 0.2) is 18.2 Å². The van der Waals surface area contributed by atoms with Crippen molar-refractivity contribution in [1.82, 2.24) is 0 Å². The van der Waals surface area contributed by atoms with Crippen LogP contribution in [0.3, 0.4) is 0 Å². The maximum atomic E-state index is 11.8. The lowest BCUT2D eigenvalue weighted by molar-refractivity contribution is -0.173. The molecule has 0 heterocycles. The van der Waals surface area contributed by atoms with Crippen molar-refractivity contribution < 1.29 is 17.9 Å². The van der Waals surface area contributed by atoms with Crippen molar-refractivity contribution in [3.63, 3.8) is 0 Å². The monoisotopic (exact) mass is 301 g/mol. The number of benzene rings is 1. The van der Waals surface area contributed by atoms with E-state index >= 15 is 0 Å². The molecule has 2 nitrogen and oxygen atoms in total. The Hall–Kier alpha value is -0.650. The third-order valence-electron chi connectivity index (χ3n) is 2.00. The molecule has 0 saturated carbocycles. The molecule has 102 valence electrons. The Morgan fingerprint density at radius 1 is 1.22 bits per heavy atom. The van der Waals surface area contributed by atoms with Crippen LogP contribution in [0.25, 0.3) is 0 Å². The first kappa shape index (κ1) is 15.4. The number of nitrogens with one attached hydrogen (secondary N) is 1. The first-order valence-corrected chi connectivity index (χ1v) is 5.98. The van der Waals surface area contributed by atoms with Gasteiger partial charge in [0.2, 0.25) is 0 Å². The topological polar surface area (TPSA) is 21.3 Å². The normalized spacial score (nSPS) is 11.6. The maximum Gasteiger partial charge on any atom is 0.411 e. The summed E-state index contributed by atoms with van der Waals surface area (Å²) in [4.78, 5) is 0. The van der Waals surface area contributed by atoms with Gasteiger partial charge >= 0.3 is 6.18 Å². The average Bonchev–Trinajstić information content (AvgIpc) is 2.27. The molecule has 1 rings (SSSR count). The number of rotatable bonds is 6. The number of hydrogen-bond donors (Lipinski definition) is 1. The standard InChI is InChI=1S/C11H12Cl2F3NO/c12-8-3-1-4-9(10(8)13)17-5-2-6-18-7-11(14,15)16/h1,3-4,17H,2,5-7H2. The van der Waals surface area contributed by atoms with Gasteiger partial charge < -0.3 is 10.1 Å². The van der Waals surface area contributed by atoms with E-state index in [2.05, 4.69) is 10.1 Å². The van der Waals surface area contributed by atoms with Gasteiger partial charge in [-0.2, -0.15) is 13.2 Å². The molecule has 1 N–H and O–H groups in total. The molecule has 0 atom stereocenters. The molecule has 0 aliphatic rings. The van der Waals surface area contributed by atoms with E-state index in [4.69, 9.17) is 23.2 Å². The molecular formula is C11H12Cl2F3NO. The molecule has 1 aromatic carbocycles. The summed E-state index contributed by atoms with van der Waals surface area (Å²) in [6.45, 7) is -0.729. The average molecular weight is 302 g/mol. The zero-order valence-corrected chi connectivity index (χ0v) is 10.9. The van der Waals surface area contributed by atoms with Gasteiger partial charge in [-0.3, -0.25) is 0 Å². The summed E-state index contributed by atoms with van der Waals surface area (Å²) in [6, 6.07) is 5.13. The van der Waals surface area contributed by atoms with Crippen molar-refractivity contribution >= 4 is 28.9 Å². The summed E-state index contributed by atoms with van der Waals surface area (Å²) in [5.41, 5.74) is 0.653. The minimum atomic E-state index is -4.27. The molecule has 1 aromatic rings. The predicted molar refractivity (Wildman–Crippen MR) is 66.4 cm³/mol. The predicted octanol–water partition coefficient (Wildman–Crippen LogP) is 4.37. The van der Waals surface area contributed by atoms with Crippen molar-refractivity contribution in [3.05, 3.63) is 28.2 Å². The largest absolute Gasteiger partial charge is 0.411 e. The molecule has 0 amide bonds. The highest BCUT2D eigenvalue weighted by atomic mass is 35.5. The van der Waals surface area contributed by atoms with E-state index in [0.29, 0.717) is 28.7 Å². The van der Waals surface area contributed by atoms with E-state index in [1.807, 2.05) is 0 Å². The van der Waals surface area contributed by atoms with Crippen LogP contribution in [0, 0.1) is 0 Å². The zero-order chi connectivity index (χ0) is 13.6. The van der Waals surface area contributed by atoms with Gasteiger partial charge in [0, 0.05) is 13.2 Å². The molecule has 0 aliphatic heterocycles. The lowest BCUT2D eigenvalue weighted by Crippen LogP contribution is -2.18. The molecule has 7 heteroatoms. The van der Waals surface area contributed by atoms with Crippen LogP contribution < -0.4 is 5.32 Å². The van der Waals surface area contributed by atoms with E-state index in [9.17, 15) is 13.2 Å². The molecule has 0 unspecified atom stereocenters. The quantitative estimate of drug-likeness (QED) is 0.788. The Labute approximate surface area is 113 Å². The third kappa shape index (κ3) is 5.80. The second kappa shape index (κ2) is 7.07. The molecular weight excluding hydrogens is 290 g/mol. The summed E-state index contributed by atoms with van der Waals surface area (Å²) < 4.78 is 39.7. The Balaban J connectivity index is 2.20. The van der Waals surface area contributed by atoms with Crippen LogP contribution in [0.2, 0.25) is 10.0 Å². The van der Waals surface area contributed by atoms with Crippen molar-refractivity contribution in [2.75, 3.05) is 25.1 Å². The molecule has 0 aliphatic carbocycles. The van der Waals surface area contributed by atoms with Crippen molar-refractivity contribution in [2.45, 2.75) is 12.6 Å². The lowest BCUT2D eigenvalue weighted by atomic mass is 10.3. The minimum absolute atomic E-state index is 0.0324. The van der Waals surface area contributed by atoms with Crippen LogP contribution in [0.4, 0.5) is 18.9 Å². The van der Waals surface area contributed by atoms with Gasteiger partial charge in [-0.05, 0) is 18.6 Å². The van der Waals surface area contributed by atoms with Crippen LogP contribution in [0.5, 0.6) is 0 Å². The van der Waals surface area contributed by atoms with Crippen LogP contribution in [-0.4, -0.2) is 25.9 Å². The smallest absolute Gasteiger partial charge is 0.384 e. The summed E-state index contributed by atoms with van der Waals surface area (Å²) in [5, 5.41) is 3.80. The van der Waals surface area contributed by atoms with Gasteiger partial charge in [-0.25, -0.2) is 0 Å². The SMILES string of the molecule is FC(F)(F)COCCCNc1cccc(Cl)c1Cl. The fourth-order valence-electron chi connectivity index (χ4n) is 1.23. The number of hydrogen-bond acceptors (Lipinski definition) is 2. The van der Waals surface area contributed by atoms with E-state index < -0.39 is 12.8 Å². The molecule has 0 fully saturated rings. The second-order valence-corrected chi connectivity index (χ2v) is 4.33. The van der Waals surface area contributed by atoms with Crippen molar-refractivity contribution in [1.29, 1.82) is 0 Å². The molecule has 0 radical (unpaired) electrons. The first-order valence-electron chi connectivity index (χ1n) is 5.22. The first-order chi connectivity index (χ1) is 8.40. The number of halogens is 5. The minimum Gasteiger partial charge on any atom is -0.384 e. The molecule has 0 spiro atoms. The molecule has 0 aromatic heterocycles. The van der Waals surface area contributed by atoms with Crippen LogP contribution in [-0.2, 0) is 4.74 Å². The van der Waals surface area contributed by atoms with E-state index in [0.717, 1.165) is 0 Å². The van der Waals surface area contributed by atoms with Gasteiger partial charge in [0.25, 0.3) is 0 Å². The fraction of sp³-hybridized carbons (Fsp3) is 0.455. The third-order valence-corrected chi connectivity index (χ3v) is 2.82. The van der Waals surface area contributed by atoms with E-state index in [1.54, 1.807) is 18.2 Å². The molecule has 0 bridgehead atoms.